The molecule has 0 spiro atoms. The standard InChI is InChI=1S/C29H39N3O2.C2H6/c1-3-5-19-32(29-21-27(16-17-28(29)30)33-20-9-18-31-4-2)22-24-12-14-26(15-13-24)34-23-25-10-7-6-8-11-25;1-2/h6-8,10-17,21,31H,3-5,9,18-20,22-23,30H2,1-2H3;1-2H3. The number of ether oxygens (including phenoxy) is 2. The van der Waals surface area contributed by atoms with E-state index in [1.165, 1.54) is 5.56 Å². The quantitative estimate of drug-likeness (QED) is 0.176. The molecule has 0 saturated carbocycles. The molecule has 3 aromatic rings. The van der Waals surface area contributed by atoms with Crippen LogP contribution in [-0.2, 0) is 13.2 Å². The van der Waals surface area contributed by atoms with Crippen LogP contribution in [0.2, 0.25) is 0 Å². The molecule has 36 heavy (non-hydrogen) atoms. The summed E-state index contributed by atoms with van der Waals surface area (Å²) in [4.78, 5) is 2.35. The molecule has 0 aliphatic heterocycles. The highest BCUT2D eigenvalue weighted by molar-refractivity contribution is 5.69. The third kappa shape index (κ3) is 10.2. The van der Waals surface area contributed by atoms with Crippen molar-refractivity contribution < 1.29 is 9.47 Å². The van der Waals surface area contributed by atoms with E-state index in [-0.39, 0.29) is 0 Å². The summed E-state index contributed by atoms with van der Waals surface area (Å²) in [5.41, 5.74) is 10.6. The van der Waals surface area contributed by atoms with E-state index in [2.05, 4.69) is 54.4 Å². The number of nitrogens with two attached hydrogens (primary N) is 1. The van der Waals surface area contributed by atoms with Gasteiger partial charge in [0.15, 0.2) is 0 Å². The predicted molar refractivity (Wildman–Crippen MR) is 154 cm³/mol. The molecule has 3 N–H and O–H groups in total. The maximum Gasteiger partial charge on any atom is 0.121 e. The first-order valence-corrected chi connectivity index (χ1v) is 13.4. The van der Waals surface area contributed by atoms with Crippen molar-refractivity contribution in [1.29, 1.82) is 0 Å². The monoisotopic (exact) mass is 491 g/mol. The van der Waals surface area contributed by atoms with E-state index in [4.69, 9.17) is 15.2 Å². The molecule has 0 aliphatic rings. The number of hydrogen-bond donors (Lipinski definition) is 2. The summed E-state index contributed by atoms with van der Waals surface area (Å²) < 4.78 is 11.9. The molecule has 5 heteroatoms. The molecule has 0 bridgehead atoms. The van der Waals surface area contributed by atoms with Crippen molar-refractivity contribution in [3.63, 3.8) is 0 Å². The molecule has 0 unspecified atom stereocenters. The normalized spacial score (nSPS) is 10.3. The number of rotatable bonds is 15. The summed E-state index contributed by atoms with van der Waals surface area (Å²) in [6, 6.07) is 24.6. The van der Waals surface area contributed by atoms with Gasteiger partial charge in [0.25, 0.3) is 0 Å². The van der Waals surface area contributed by atoms with Crippen LogP contribution < -0.4 is 25.4 Å². The predicted octanol–water partition coefficient (Wildman–Crippen LogP) is 7.06. The van der Waals surface area contributed by atoms with Crippen LogP contribution >= 0.6 is 0 Å². The first-order chi connectivity index (χ1) is 17.7. The fraction of sp³-hybridized carbons (Fsp3) is 0.419. The van der Waals surface area contributed by atoms with Gasteiger partial charge < -0.3 is 25.4 Å². The molecule has 0 saturated heterocycles. The first-order valence-electron chi connectivity index (χ1n) is 13.4. The van der Waals surface area contributed by atoms with Crippen LogP contribution in [-0.4, -0.2) is 26.2 Å². The summed E-state index contributed by atoms with van der Waals surface area (Å²) >= 11 is 0. The van der Waals surface area contributed by atoms with Gasteiger partial charge in [0.2, 0.25) is 0 Å². The summed E-state index contributed by atoms with van der Waals surface area (Å²) in [7, 11) is 0. The van der Waals surface area contributed by atoms with E-state index in [1.807, 2.05) is 56.3 Å². The number of benzene rings is 3. The van der Waals surface area contributed by atoms with Crippen molar-refractivity contribution in [2.45, 2.75) is 60.1 Å². The van der Waals surface area contributed by atoms with E-state index < -0.39 is 0 Å². The Kier molecular flexibility index (Phi) is 13.9. The second-order valence-electron chi connectivity index (χ2n) is 8.47. The number of nitrogen functional groups attached to an aromatic ring is 1. The molecule has 196 valence electrons. The summed E-state index contributed by atoms with van der Waals surface area (Å²) in [5.74, 6) is 1.74. The minimum atomic E-state index is 0.570. The lowest BCUT2D eigenvalue weighted by Gasteiger charge is -2.27. The van der Waals surface area contributed by atoms with Gasteiger partial charge in [-0.1, -0.05) is 76.6 Å². The van der Waals surface area contributed by atoms with Crippen LogP contribution in [0.1, 0.15) is 58.1 Å². The average Bonchev–Trinajstić information content (AvgIpc) is 2.93. The van der Waals surface area contributed by atoms with E-state index in [0.717, 1.165) is 73.9 Å². The Balaban J connectivity index is 0.00000222. The maximum atomic E-state index is 6.40. The molecule has 0 radical (unpaired) electrons. The fourth-order valence-electron chi connectivity index (χ4n) is 3.74. The summed E-state index contributed by atoms with van der Waals surface area (Å²) in [6.45, 7) is 13.3. The number of anilines is 2. The van der Waals surface area contributed by atoms with Gasteiger partial charge in [-0.2, -0.15) is 0 Å². The Bertz CT molecular complexity index is 961. The molecule has 5 nitrogen and oxygen atoms in total. The number of unbranched alkanes of at least 4 members (excludes halogenated alkanes) is 1. The smallest absolute Gasteiger partial charge is 0.121 e. The van der Waals surface area contributed by atoms with Crippen molar-refractivity contribution in [2.75, 3.05) is 36.9 Å². The topological polar surface area (TPSA) is 59.8 Å². The zero-order valence-corrected chi connectivity index (χ0v) is 22.6. The van der Waals surface area contributed by atoms with E-state index >= 15 is 0 Å². The molecule has 0 heterocycles. The lowest BCUT2D eigenvalue weighted by molar-refractivity contribution is 0.306. The largest absolute Gasteiger partial charge is 0.493 e. The molecular weight excluding hydrogens is 446 g/mol. The van der Waals surface area contributed by atoms with Gasteiger partial charge in [-0.25, -0.2) is 0 Å². The number of nitrogens with one attached hydrogen (secondary N) is 1. The van der Waals surface area contributed by atoms with Gasteiger partial charge >= 0.3 is 0 Å². The van der Waals surface area contributed by atoms with Crippen molar-refractivity contribution in [2.24, 2.45) is 0 Å². The summed E-state index contributed by atoms with van der Waals surface area (Å²) in [6.07, 6.45) is 3.21. The maximum absolute atomic E-state index is 6.40. The Morgan fingerprint density at radius 3 is 2.22 bits per heavy atom. The lowest BCUT2D eigenvalue weighted by atomic mass is 10.1. The van der Waals surface area contributed by atoms with Gasteiger partial charge in [0, 0.05) is 19.2 Å². The van der Waals surface area contributed by atoms with E-state index in [0.29, 0.717) is 13.2 Å². The molecular formula is C31H45N3O2. The van der Waals surface area contributed by atoms with E-state index in [9.17, 15) is 0 Å². The van der Waals surface area contributed by atoms with Crippen LogP contribution in [0.3, 0.4) is 0 Å². The van der Waals surface area contributed by atoms with Crippen molar-refractivity contribution in [1.82, 2.24) is 5.32 Å². The Hall–Kier alpha value is -3.18. The highest BCUT2D eigenvalue weighted by Crippen LogP contribution is 2.30. The molecule has 3 aromatic carbocycles. The van der Waals surface area contributed by atoms with Gasteiger partial charge in [-0.15, -0.1) is 0 Å². The second kappa shape index (κ2) is 17.3. The second-order valence-corrected chi connectivity index (χ2v) is 8.47. The summed E-state index contributed by atoms with van der Waals surface area (Å²) in [5, 5.41) is 3.33. The lowest BCUT2D eigenvalue weighted by Crippen LogP contribution is -2.25. The number of nitrogens with zero attached hydrogens (tertiary/aromatic N) is 1. The third-order valence-electron chi connectivity index (χ3n) is 5.69. The molecule has 0 aromatic heterocycles. The van der Waals surface area contributed by atoms with Crippen molar-refractivity contribution >= 4 is 11.4 Å². The zero-order chi connectivity index (χ0) is 26.0. The SMILES string of the molecule is CC.CCCCN(Cc1ccc(OCc2ccccc2)cc1)c1cc(OCCCNCC)ccc1N. The Morgan fingerprint density at radius 1 is 0.806 bits per heavy atom. The number of hydrogen-bond acceptors (Lipinski definition) is 5. The van der Waals surface area contributed by atoms with Gasteiger partial charge in [0.05, 0.1) is 18.0 Å². The van der Waals surface area contributed by atoms with Crippen LogP contribution in [0.5, 0.6) is 11.5 Å². The van der Waals surface area contributed by atoms with Crippen LogP contribution in [0.15, 0.2) is 72.8 Å². The van der Waals surface area contributed by atoms with Gasteiger partial charge in [-0.3, -0.25) is 0 Å². The van der Waals surface area contributed by atoms with Crippen LogP contribution in [0, 0.1) is 0 Å². The molecule has 0 fully saturated rings. The molecule has 0 atom stereocenters. The highest BCUT2D eigenvalue weighted by atomic mass is 16.5. The molecule has 0 amide bonds. The van der Waals surface area contributed by atoms with Gasteiger partial charge in [-0.05, 0) is 61.3 Å². The van der Waals surface area contributed by atoms with Crippen LogP contribution in [0.25, 0.3) is 0 Å². The molecule has 0 aliphatic carbocycles. The highest BCUT2D eigenvalue weighted by Gasteiger charge is 2.12. The van der Waals surface area contributed by atoms with Crippen molar-refractivity contribution in [3.05, 3.63) is 83.9 Å². The Labute approximate surface area is 218 Å². The van der Waals surface area contributed by atoms with E-state index in [1.54, 1.807) is 0 Å². The first kappa shape index (κ1) is 29.1. The van der Waals surface area contributed by atoms with Crippen LogP contribution in [0.4, 0.5) is 11.4 Å². The van der Waals surface area contributed by atoms with Gasteiger partial charge in [0.1, 0.15) is 18.1 Å². The Morgan fingerprint density at radius 2 is 1.53 bits per heavy atom. The fourth-order valence-corrected chi connectivity index (χ4v) is 3.74. The minimum Gasteiger partial charge on any atom is -0.493 e. The minimum absolute atomic E-state index is 0.570. The molecule has 3 rings (SSSR count). The third-order valence-corrected chi connectivity index (χ3v) is 5.69. The zero-order valence-electron chi connectivity index (χ0n) is 22.6. The van der Waals surface area contributed by atoms with Crippen molar-refractivity contribution in [3.8, 4) is 11.5 Å². The average molecular weight is 492 g/mol.